The van der Waals surface area contributed by atoms with E-state index in [0.29, 0.717) is 5.92 Å². The summed E-state index contributed by atoms with van der Waals surface area (Å²) in [6, 6.07) is 8.81. The van der Waals surface area contributed by atoms with E-state index in [1.165, 1.54) is 12.1 Å². The Hall–Kier alpha value is -1.64. The molecule has 0 saturated carbocycles. The molecule has 0 spiro atoms. The first kappa shape index (κ1) is 11.8. The molecule has 1 atom stereocenters. The summed E-state index contributed by atoms with van der Waals surface area (Å²) in [6.07, 6.45) is 1.85. The number of aromatic nitrogens is 2. The van der Waals surface area contributed by atoms with Crippen LogP contribution in [0.5, 0.6) is 0 Å². The Balaban J connectivity index is 2.05. The molecular weight excluding hydrogens is 215 g/mol. The van der Waals surface area contributed by atoms with Gasteiger partial charge < -0.3 is 0 Å². The largest absolute Gasteiger partial charge is 0.282 e. The second-order valence-electron chi connectivity index (χ2n) is 4.39. The summed E-state index contributed by atoms with van der Waals surface area (Å²) in [4.78, 5) is 0. The lowest BCUT2D eigenvalue weighted by Gasteiger charge is -2.10. The summed E-state index contributed by atoms with van der Waals surface area (Å²) >= 11 is 0. The molecule has 2 rings (SSSR count). The van der Waals surface area contributed by atoms with Crippen LogP contribution < -0.4 is 0 Å². The summed E-state index contributed by atoms with van der Waals surface area (Å²) in [6.45, 7) is 4.23. The Morgan fingerprint density at radius 3 is 2.59 bits per heavy atom. The number of aromatic amines is 1. The minimum atomic E-state index is -0.184. The summed E-state index contributed by atoms with van der Waals surface area (Å²) in [5, 5.41) is 7.26. The average molecular weight is 232 g/mol. The number of aryl methyl sites for hydroxylation is 1. The lowest BCUT2D eigenvalue weighted by atomic mass is 9.96. The first-order valence-corrected chi connectivity index (χ1v) is 5.97. The fraction of sp³-hybridized carbons (Fsp3) is 0.357. The van der Waals surface area contributed by atoms with E-state index in [-0.39, 0.29) is 5.82 Å². The van der Waals surface area contributed by atoms with Gasteiger partial charge in [0.15, 0.2) is 0 Å². The molecule has 17 heavy (non-hydrogen) atoms. The third kappa shape index (κ3) is 2.93. The van der Waals surface area contributed by atoms with Gasteiger partial charge >= 0.3 is 0 Å². The summed E-state index contributed by atoms with van der Waals surface area (Å²) in [5.74, 6) is 0.177. The van der Waals surface area contributed by atoms with Crippen LogP contribution in [0, 0.1) is 5.82 Å². The molecule has 1 aromatic carbocycles. The van der Waals surface area contributed by atoms with Crippen molar-refractivity contribution in [3.8, 4) is 0 Å². The molecule has 2 aromatic rings. The van der Waals surface area contributed by atoms with Crippen LogP contribution in [0.3, 0.4) is 0 Å². The predicted octanol–water partition coefficient (Wildman–Crippen LogP) is 3.46. The number of rotatable bonds is 4. The van der Waals surface area contributed by atoms with E-state index in [4.69, 9.17) is 0 Å². The molecule has 90 valence electrons. The molecule has 0 radical (unpaired) electrons. The molecule has 1 heterocycles. The Kier molecular flexibility index (Phi) is 3.57. The molecule has 0 amide bonds. The van der Waals surface area contributed by atoms with E-state index < -0.39 is 0 Å². The van der Waals surface area contributed by atoms with Gasteiger partial charge in [-0.25, -0.2) is 4.39 Å². The van der Waals surface area contributed by atoms with Gasteiger partial charge in [-0.3, -0.25) is 5.10 Å². The maximum atomic E-state index is 12.8. The molecule has 0 bridgehead atoms. The van der Waals surface area contributed by atoms with Crippen molar-refractivity contribution in [3.63, 3.8) is 0 Å². The predicted molar refractivity (Wildman–Crippen MR) is 66.5 cm³/mol. The quantitative estimate of drug-likeness (QED) is 0.859. The highest BCUT2D eigenvalue weighted by Gasteiger charge is 2.08. The monoisotopic (exact) mass is 232 g/mol. The zero-order valence-electron chi connectivity index (χ0n) is 10.2. The Morgan fingerprint density at radius 1 is 1.29 bits per heavy atom. The van der Waals surface area contributed by atoms with E-state index in [1.807, 2.05) is 12.1 Å². The number of nitrogens with zero attached hydrogens (tertiary/aromatic N) is 1. The van der Waals surface area contributed by atoms with Gasteiger partial charge in [0, 0.05) is 5.69 Å². The van der Waals surface area contributed by atoms with Crippen molar-refractivity contribution in [3.05, 3.63) is 53.1 Å². The van der Waals surface area contributed by atoms with Gasteiger partial charge in [-0.2, -0.15) is 5.10 Å². The van der Waals surface area contributed by atoms with Gasteiger partial charge in [-0.15, -0.1) is 0 Å². The molecule has 0 fully saturated rings. The molecule has 1 unspecified atom stereocenters. The highest BCUT2D eigenvalue weighted by Crippen LogP contribution is 2.20. The van der Waals surface area contributed by atoms with Crippen LogP contribution in [-0.2, 0) is 12.8 Å². The van der Waals surface area contributed by atoms with Crippen molar-refractivity contribution in [2.75, 3.05) is 0 Å². The van der Waals surface area contributed by atoms with E-state index >= 15 is 0 Å². The minimum Gasteiger partial charge on any atom is -0.282 e. The number of H-pyrrole nitrogens is 1. The van der Waals surface area contributed by atoms with Gasteiger partial charge in [0.05, 0.1) is 5.69 Å². The third-order valence-electron chi connectivity index (χ3n) is 3.01. The zero-order valence-corrected chi connectivity index (χ0v) is 10.2. The van der Waals surface area contributed by atoms with Crippen molar-refractivity contribution in [1.29, 1.82) is 0 Å². The third-order valence-corrected chi connectivity index (χ3v) is 3.01. The van der Waals surface area contributed by atoms with Crippen LogP contribution in [0.25, 0.3) is 0 Å². The number of benzene rings is 1. The van der Waals surface area contributed by atoms with Gasteiger partial charge in [0.2, 0.25) is 0 Å². The van der Waals surface area contributed by atoms with Crippen molar-refractivity contribution < 1.29 is 4.39 Å². The van der Waals surface area contributed by atoms with Gasteiger partial charge in [-0.1, -0.05) is 26.0 Å². The molecule has 0 aliphatic heterocycles. The zero-order chi connectivity index (χ0) is 12.3. The molecular formula is C14H17FN2. The Bertz CT molecular complexity index is 473. The van der Waals surface area contributed by atoms with E-state index in [9.17, 15) is 4.39 Å². The molecule has 1 aromatic heterocycles. The number of hydrogen-bond acceptors (Lipinski definition) is 1. The fourth-order valence-electron chi connectivity index (χ4n) is 1.93. The first-order valence-electron chi connectivity index (χ1n) is 5.97. The Morgan fingerprint density at radius 2 is 2.00 bits per heavy atom. The fourth-order valence-corrected chi connectivity index (χ4v) is 1.93. The maximum absolute atomic E-state index is 12.8. The normalized spacial score (nSPS) is 12.6. The topological polar surface area (TPSA) is 28.7 Å². The van der Waals surface area contributed by atoms with Crippen molar-refractivity contribution in [2.24, 2.45) is 0 Å². The summed E-state index contributed by atoms with van der Waals surface area (Å²) < 4.78 is 12.8. The van der Waals surface area contributed by atoms with E-state index in [0.717, 1.165) is 29.8 Å². The van der Waals surface area contributed by atoms with Crippen LogP contribution in [0.1, 0.15) is 36.7 Å². The molecule has 2 nitrogen and oxygen atoms in total. The average Bonchev–Trinajstić information content (AvgIpc) is 2.77. The molecule has 0 aliphatic rings. The van der Waals surface area contributed by atoms with Crippen LogP contribution in [0.15, 0.2) is 30.3 Å². The van der Waals surface area contributed by atoms with Gasteiger partial charge in [0.25, 0.3) is 0 Å². The number of nitrogens with one attached hydrogen (secondary N) is 1. The number of halogens is 1. The van der Waals surface area contributed by atoms with Crippen molar-refractivity contribution in [2.45, 2.75) is 32.6 Å². The Labute approximate surface area is 101 Å². The second-order valence-corrected chi connectivity index (χ2v) is 4.39. The van der Waals surface area contributed by atoms with Crippen LogP contribution in [-0.4, -0.2) is 10.2 Å². The highest BCUT2D eigenvalue weighted by atomic mass is 19.1. The maximum Gasteiger partial charge on any atom is 0.123 e. The summed E-state index contributed by atoms with van der Waals surface area (Å²) in [7, 11) is 0. The van der Waals surface area contributed by atoms with Crippen LogP contribution in [0.4, 0.5) is 4.39 Å². The SMILES string of the molecule is CCc1cc(CC(C)c2ccc(F)cc2)[nH]n1. The van der Waals surface area contributed by atoms with Crippen molar-refractivity contribution >= 4 is 0 Å². The number of hydrogen-bond donors (Lipinski definition) is 1. The van der Waals surface area contributed by atoms with Gasteiger partial charge in [-0.05, 0) is 42.5 Å². The van der Waals surface area contributed by atoms with Gasteiger partial charge in [0.1, 0.15) is 5.82 Å². The molecule has 1 N–H and O–H groups in total. The van der Waals surface area contributed by atoms with Crippen molar-refractivity contribution in [1.82, 2.24) is 10.2 Å². The first-order chi connectivity index (χ1) is 8.19. The lowest BCUT2D eigenvalue weighted by Crippen LogP contribution is -1.98. The van der Waals surface area contributed by atoms with Crippen LogP contribution in [0.2, 0.25) is 0 Å². The smallest absolute Gasteiger partial charge is 0.123 e. The molecule has 0 aliphatic carbocycles. The minimum absolute atomic E-state index is 0.184. The molecule has 0 saturated heterocycles. The highest BCUT2D eigenvalue weighted by molar-refractivity contribution is 5.22. The summed E-state index contributed by atoms with van der Waals surface area (Å²) in [5.41, 5.74) is 3.38. The van der Waals surface area contributed by atoms with Crippen LogP contribution >= 0.6 is 0 Å². The lowest BCUT2D eigenvalue weighted by molar-refractivity contribution is 0.625. The standard InChI is InChI=1S/C14H17FN2/c1-3-13-9-14(17-16-13)8-10(2)11-4-6-12(15)7-5-11/h4-7,9-10H,3,8H2,1-2H3,(H,16,17). The second kappa shape index (κ2) is 5.13. The van der Waals surface area contributed by atoms with E-state index in [2.05, 4.69) is 30.1 Å². The molecule has 3 heteroatoms. The van der Waals surface area contributed by atoms with E-state index in [1.54, 1.807) is 0 Å².